The summed E-state index contributed by atoms with van der Waals surface area (Å²) in [6, 6.07) is 20.7. The second-order valence-electron chi connectivity index (χ2n) is 9.23. The summed E-state index contributed by atoms with van der Waals surface area (Å²) >= 11 is 1.60. The van der Waals surface area contributed by atoms with E-state index in [1.807, 2.05) is 6.07 Å². The number of nitrogens with zero attached hydrogens (tertiary/aromatic N) is 2. The van der Waals surface area contributed by atoms with Crippen molar-refractivity contribution in [2.24, 2.45) is 10.9 Å². The van der Waals surface area contributed by atoms with Gasteiger partial charge in [0, 0.05) is 24.1 Å². The fourth-order valence-corrected chi connectivity index (χ4v) is 5.50. The smallest absolute Gasteiger partial charge is 0.169 e. The molecule has 0 heterocycles. The van der Waals surface area contributed by atoms with E-state index in [2.05, 4.69) is 61.2 Å². The standard InChI is InChI=1S/C29H32F2N2S/c1-21-13-16-28(22(2)17-21)34-29(32-25-14-15-26(30)27(31)18-25)33(19-23-9-5-3-6-10-23)20-24-11-7-4-8-12-24/h3,5-6,9-10,13-18,24H,4,7-8,11-12,19-20H2,1-2H3. The maximum atomic E-state index is 14.0. The Morgan fingerprint density at radius 1 is 0.912 bits per heavy atom. The molecular weight excluding hydrogens is 446 g/mol. The number of aliphatic imine (C=N–C) groups is 1. The lowest BCUT2D eigenvalue weighted by atomic mass is 9.89. The summed E-state index contributed by atoms with van der Waals surface area (Å²) in [5, 5.41) is 0.812. The fraction of sp³-hybridized carbons (Fsp3) is 0.345. The van der Waals surface area contributed by atoms with Crippen LogP contribution in [0.15, 0.2) is 76.6 Å². The SMILES string of the molecule is Cc1ccc(SC(=Nc2ccc(F)c(F)c2)N(Cc2ccccc2)CC2CCCCC2)c(C)c1. The Labute approximate surface area is 206 Å². The molecule has 0 amide bonds. The van der Waals surface area contributed by atoms with Crippen LogP contribution in [-0.4, -0.2) is 16.6 Å². The van der Waals surface area contributed by atoms with Crippen molar-refractivity contribution in [3.63, 3.8) is 0 Å². The van der Waals surface area contributed by atoms with Crippen molar-refractivity contribution in [1.82, 2.24) is 4.90 Å². The third-order valence-electron chi connectivity index (χ3n) is 6.35. The third kappa shape index (κ3) is 6.69. The Morgan fingerprint density at radius 3 is 2.38 bits per heavy atom. The maximum Gasteiger partial charge on any atom is 0.169 e. The molecule has 2 nitrogen and oxygen atoms in total. The van der Waals surface area contributed by atoms with Gasteiger partial charge in [0.15, 0.2) is 16.8 Å². The largest absolute Gasteiger partial charge is 0.346 e. The van der Waals surface area contributed by atoms with Gasteiger partial charge in [0.1, 0.15) is 0 Å². The minimum absolute atomic E-state index is 0.424. The number of halogens is 2. The first-order valence-electron chi connectivity index (χ1n) is 12.1. The topological polar surface area (TPSA) is 15.6 Å². The molecular formula is C29H32F2N2S. The van der Waals surface area contributed by atoms with Gasteiger partial charge < -0.3 is 4.90 Å². The van der Waals surface area contributed by atoms with Crippen LogP contribution in [0, 0.1) is 31.4 Å². The fourth-order valence-electron chi connectivity index (χ4n) is 4.53. The normalized spacial score (nSPS) is 14.9. The van der Waals surface area contributed by atoms with Crippen molar-refractivity contribution < 1.29 is 8.78 Å². The van der Waals surface area contributed by atoms with Crippen LogP contribution in [0.4, 0.5) is 14.5 Å². The molecule has 0 atom stereocenters. The van der Waals surface area contributed by atoms with E-state index in [0.717, 1.165) is 29.2 Å². The average Bonchev–Trinajstić information content (AvgIpc) is 2.83. The van der Waals surface area contributed by atoms with Crippen LogP contribution < -0.4 is 0 Å². The van der Waals surface area contributed by atoms with E-state index < -0.39 is 11.6 Å². The zero-order valence-corrected chi connectivity index (χ0v) is 20.8. The quantitative estimate of drug-likeness (QED) is 0.201. The van der Waals surface area contributed by atoms with Crippen molar-refractivity contribution in [2.75, 3.05) is 6.54 Å². The van der Waals surface area contributed by atoms with E-state index in [4.69, 9.17) is 4.99 Å². The molecule has 0 radical (unpaired) electrons. The summed E-state index contributed by atoms with van der Waals surface area (Å²) in [6.07, 6.45) is 6.28. The molecule has 0 aromatic heterocycles. The summed E-state index contributed by atoms with van der Waals surface area (Å²) < 4.78 is 27.6. The lowest BCUT2D eigenvalue weighted by Gasteiger charge is -2.32. The second kappa shape index (κ2) is 11.7. The van der Waals surface area contributed by atoms with E-state index in [9.17, 15) is 8.78 Å². The Morgan fingerprint density at radius 2 is 1.68 bits per heavy atom. The molecule has 4 rings (SSSR count). The minimum atomic E-state index is -0.876. The van der Waals surface area contributed by atoms with Crippen LogP contribution in [0.1, 0.15) is 48.8 Å². The Bertz CT molecular complexity index is 1120. The van der Waals surface area contributed by atoms with Crippen LogP contribution in [0.2, 0.25) is 0 Å². The van der Waals surface area contributed by atoms with Gasteiger partial charge in [-0.2, -0.15) is 0 Å². The molecule has 1 saturated carbocycles. The highest BCUT2D eigenvalue weighted by molar-refractivity contribution is 8.13. The lowest BCUT2D eigenvalue weighted by Crippen LogP contribution is -2.34. The number of rotatable bonds is 6. The molecule has 1 fully saturated rings. The molecule has 0 unspecified atom stereocenters. The lowest BCUT2D eigenvalue weighted by molar-refractivity contribution is 0.272. The molecule has 0 aliphatic heterocycles. The zero-order chi connectivity index (χ0) is 23.9. The second-order valence-corrected chi connectivity index (χ2v) is 10.2. The van der Waals surface area contributed by atoms with Gasteiger partial charge in [0.05, 0.1) is 5.69 Å². The van der Waals surface area contributed by atoms with E-state index in [-0.39, 0.29) is 0 Å². The number of hydrogen-bond acceptors (Lipinski definition) is 2. The Balaban J connectivity index is 1.73. The summed E-state index contributed by atoms with van der Waals surface area (Å²) in [5.74, 6) is -1.13. The van der Waals surface area contributed by atoms with Gasteiger partial charge in [-0.25, -0.2) is 13.8 Å². The van der Waals surface area contributed by atoms with E-state index in [1.165, 1.54) is 54.9 Å². The van der Waals surface area contributed by atoms with Gasteiger partial charge in [-0.3, -0.25) is 0 Å². The first-order valence-corrected chi connectivity index (χ1v) is 12.9. The molecule has 3 aromatic rings. The third-order valence-corrected chi connectivity index (χ3v) is 7.56. The van der Waals surface area contributed by atoms with Crippen LogP contribution in [0.25, 0.3) is 0 Å². The molecule has 34 heavy (non-hydrogen) atoms. The van der Waals surface area contributed by atoms with Crippen LogP contribution in [0.3, 0.4) is 0 Å². The first-order chi connectivity index (χ1) is 16.5. The summed E-state index contributed by atoms with van der Waals surface area (Å²) in [5.41, 5.74) is 4.02. The highest BCUT2D eigenvalue weighted by atomic mass is 32.2. The molecule has 0 N–H and O–H groups in total. The molecule has 1 aliphatic carbocycles. The summed E-state index contributed by atoms with van der Waals surface area (Å²) in [6.45, 7) is 5.81. The van der Waals surface area contributed by atoms with Crippen LogP contribution >= 0.6 is 11.8 Å². The molecule has 3 aromatic carbocycles. The van der Waals surface area contributed by atoms with Crippen LogP contribution in [-0.2, 0) is 6.54 Å². The Hall–Kier alpha value is -2.66. The number of benzene rings is 3. The van der Waals surface area contributed by atoms with Crippen molar-refractivity contribution in [3.8, 4) is 0 Å². The van der Waals surface area contributed by atoms with E-state index >= 15 is 0 Å². The van der Waals surface area contributed by atoms with Gasteiger partial charge in [0.25, 0.3) is 0 Å². The number of aryl methyl sites for hydroxylation is 2. The van der Waals surface area contributed by atoms with Gasteiger partial charge in [-0.1, -0.05) is 79.1 Å². The van der Waals surface area contributed by atoms with Gasteiger partial charge in [-0.05, 0) is 61.9 Å². The molecule has 0 spiro atoms. The highest BCUT2D eigenvalue weighted by Crippen LogP contribution is 2.32. The Kier molecular flexibility index (Phi) is 8.39. The van der Waals surface area contributed by atoms with Crippen molar-refractivity contribution in [2.45, 2.75) is 57.4 Å². The minimum Gasteiger partial charge on any atom is -0.346 e. The predicted molar refractivity (Wildman–Crippen MR) is 139 cm³/mol. The highest BCUT2D eigenvalue weighted by Gasteiger charge is 2.22. The molecule has 5 heteroatoms. The van der Waals surface area contributed by atoms with Crippen molar-refractivity contribution in [3.05, 3.63) is 95.1 Å². The maximum absolute atomic E-state index is 14.0. The number of amidine groups is 1. The monoisotopic (exact) mass is 478 g/mol. The van der Waals surface area contributed by atoms with Gasteiger partial charge >= 0.3 is 0 Å². The van der Waals surface area contributed by atoms with Crippen molar-refractivity contribution in [1.29, 1.82) is 0 Å². The number of thioether (sulfide) groups is 1. The molecule has 178 valence electrons. The molecule has 0 saturated heterocycles. The summed E-state index contributed by atoms with van der Waals surface area (Å²) in [4.78, 5) is 8.33. The van der Waals surface area contributed by atoms with Gasteiger partial charge in [-0.15, -0.1) is 0 Å². The zero-order valence-electron chi connectivity index (χ0n) is 19.9. The molecule has 0 bridgehead atoms. The average molecular weight is 479 g/mol. The number of hydrogen-bond donors (Lipinski definition) is 0. The summed E-state index contributed by atoms with van der Waals surface area (Å²) in [7, 11) is 0. The van der Waals surface area contributed by atoms with E-state index in [1.54, 1.807) is 17.8 Å². The van der Waals surface area contributed by atoms with Crippen molar-refractivity contribution >= 4 is 22.6 Å². The van der Waals surface area contributed by atoms with Gasteiger partial charge in [0.2, 0.25) is 0 Å². The predicted octanol–water partition coefficient (Wildman–Crippen LogP) is 8.44. The van der Waals surface area contributed by atoms with E-state index in [0.29, 0.717) is 11.6 Å². The first kappa shape index (κ1) is 24.5. The van der Waals surface area contributed by atoms with Crippen LogP contribution in [0.5, 0.6) is 0 Å². The molecule has 1 aliphatic rings.